The first-order chi connectivity index (χ1) is 67.0. The standard InChI is InChI=1S/2C20H29NO3.2C19H27NO3/c2*1-5-13(2)8-15-12-21-7-6-14-9-19(23-3)20(24-4)10-16(14)17(21)11-18(15)22;2*1-12(2)7-14-11-20-6-5-13-8-18(22-3)19(23-4)9-15(13)16(20)10-17(14)21/h2*9-10,13,15,17H,5-8,11-12H2,1-4H3;2*8-9,12,14,16H,5-7,10-11H2,1-4H3/i2D3,3D3,5D2,8D2,9D,10D,11D2,12D2,13D,15D;2D3,3D3,5D2,6D2,7D2,8D2,9D,10D,13D,17D;3D3,5D2,6D2,10D2,14D,16D;3D3,5D2,6D2,8D,9D,16D. The van der Waals surface area contributed by atoms with Crippen molar-refractivity contribution >= 4 is 23.1 Å². The zero-order valence-corrected chi connectivity index (χ0v) is 53.1. The molecule has 8 heterocycles. The van der Waals surface area contributed by atoms with Gasteiger partial charge in [0.1, 0.15) is 23.1 Å². The van der Waals surface area contributed by atoms with Gasteiger partial charge in [-0.2, -0.15) is 0 Å². The minimum atomic E-state index is -4.21. The average Bonchev–Trinajstić information content (AvgIpc) is 0.660. The number of carbonyl (C=O) groups excluding carboxylic acids is 4. The van der Waals surface area contributed by atoms with Crippen LogP contribution in [0.4, 0.5) is 0 Å². The third-order valence-electron chi connectivity index (χ3n) is 15.6. The van der Waals surface area contributed by atoms with Gasteiger partial charge in [0.25, 0.3) is 0 Å². The van der Waals surface area contributed by atoms with Crippen molar-refractivity contribution in [2.45, 2.75) is 169 Å². The molecule has 0 amide bonds. The van der Waals surface area contributed by atoms with E-state index in [0.29, 0.717) is 35.0 Å². The van der Waals surface area contributed by atoms with Gasteiger partial charge >= 0.3 is 0 Å². The molecule has 12 rings (SSSR count). The second kappa shape index (κ2) is 32.7. The molecule has 8 aliphatic rings. The van der Waals surface area contributed by atoms with Crippen LogP contribution in [0, 0.1) is 47.2 Å². The fourth-order valence-electron chi connectivity index (χ4n) is 11.1. The summed E-state index contributed by atoms with van der Waals surface area (Å²) in [4.78, 5) is 56.2. The summed E-state index contributed by atoms with van der Waals surface area (Å²) in [5.74, 6) is -26.5. The molecule has 0 spiro atoms. The van der Waals surface area contributed by atoms with Gasteiger partial charge in [0.15, 0.2) is 46.0 Å². The molecule has 0 radical (unpaired) electrons. The fraction of sp³-hybridized carbons (Fsp3) is 0.641. The monoisotopic (exact) mass is 1350 g/mol. The van der Waals surface area contributed by atoms with Crippen molar-refractivity contribution in [3.63, 3.8) is 0 Å². The van der Waals surface area contributed by atoms with Gasteiger partial charge in [0.05, 0.1) is 85.4 Å². The van der Waals surface area contributed by atoms with Crippen LogP contribution >= 0.6 is 0 Å². The Labute approximate surface area is 642 Å². The molecule has 4 saturated heterocycles. The van der Waals surface area contributed by atoms with Crippen molar-refractivity contribution in [2.24, 2.45) is 47.2 Å². The highest BCUT2D eigenvalue weighted by Crippen LogP contribution is 2.48. The summed E-state index contributed by atoms with van der Waals surface area (Å²) < 4.78 is 511. The highest BCUT2D eigenvalue weighted by Gasteiger charge is 2.43. The van der Waals surface area contributed by atoms with E-state index in [4.69, 9.17) is 115 Å². The van der Waals surface area contributed by atoms with E-state index in [1.807, 2.05) is 13.8 Å². The Morgan fingerprint density at radius 2 is 0.979 bits per heavy atom. The van der Waals surface area contributed by atoms with E-state index >= 15 is 0 Å². The third-order valence-corrected chi connectivity index (χ3v) is 15.6. The van der Waals surface area contributed by atoms with E-state index in [1.165, 1.54) is 0 Å². The first-order valence-electron chi connectivity index (χ1n) is 57.9. The zero-order chi connectivity index (χ0) is 118. The number of nitrogens with zero attached hydrogens (tertiary/aromatic N) is 4. The van der Waals surface area contributed by atoms with Crippen LogP contribution in [-0.2, 0) is 44.7 Å². The SMILES string of the molecule is [2H]C([2H])([2H])Oc1cc2c(cc1OC)C1([2H])N(CC([2H])(CC(C)C)C(=O)C1([2H])[2H])C([2H])([2H])C2([2H])[2H].[2H]c1c(OC)c(OC([2H])([2H])[2H])c([2H])c2c1C1([2H])CC(=O)C(C([2H])([2H])C([2H])(C([2H])([2H])[2H])C([2H])([2H])C)CN1C([2H])([2H])C2([2H])[2H].[2H]c1c(OC)c(OC([2H])([2H])[2H])c([2H])c2c1C1([2H])CC(=O)C(CC(C)C)CN1C([2H])([2H])C2([2H])[2H].[2H]c1c2c(c([2H])c(OC)c1OC([2H])([2H])[2H])C1N(CC2)C([2H])([2H])C([2H])(C([2H])([2H])C([2H])(C([2H])([2H])[2H])C([2H])([2H])C)C(=O)C1([2H])[2H]. The lowest BCUT2D eigenvalue weighted by atomic mass is 9.79. The number of fused-ring (bicyclic) bond motifs is 12. The lowest BCUT2D eigenvalue weighted by Crippen LogP contribution is -2.46. The van der Waals surface area contributed by atoms with Crippen LogP contribution < -0.4 is 37.9 Å². The second-order valence-electron chi connectivity index (χ2n) is 22.6. The maximum absolute atomic E-state index is 13.9. The normalized spacial score (nSPS) is 44.3. The highest BCUT2D eigenvalue weighted by atomic mass is 16.5. The summed E-state index contributed by atoms with van der Waals surface area (Å²) in [5, 5.41) is 0. The number of piperidine rings is 4. The van der Waals surface area contributed by atoms with Crippen molar-refractivity contribution in [1.29, 1.82) is 0 Å². The van der Waals surface area contributed by atoms with Gasteiger partial charge in [-0.05, 0) is 168 Å². The predicted molar refractivity (Wildman–Crippen MR) is 370 cm³/mol. The van der Waals surface area contributed by atoms with Crippen LogP contribution in [0.25, 0.3) is 0 Å². The molecule has 4 aromatic rings. The minimum Gasteiger partial charge on any atom is -0.493 e. The van der Waals surface area contributed by atoms with E-state index in [0.717, 1.165) is 45.5 Å². The zero-order valence-electron chi connectivity index (χ0n) is 110. The van der Waals surface area contributed by atoms with Crippen molar-refractivity contribution in [3.05, 3.63) is 92.9 Å². The maximum atomic E-state index is 13.9. The molecular weight excluding hydrogens is 1180 g/mol. The number of methoxy groups -OCH3 is 8. The molecule has 10 unspecified atom stereocenters. The summed E-state index contributed by atoms with van der Waals surface area (Å²) >= 11 is 0. The van der Waals surface area contributed by atoms with Crippen LogP contribution in [0.2, 0.25) is 0 Å². The lowest BCUT2D eigenvalue weighted by molar-refractivity contribution is -0.130. The molecular formula is C78H112N4O12. The van der Waals surface area contributed by atoms with E-state index in [9.17, 15) is 20.5 Å². The van der Waals surface area contributed by atoms with E-state index in [-0.39, 0.29) is 41.9 Å². The number of hydrogen-bond acceptors (Lipinski definition) is 16. The van der Waals surface area contributed by atoms with Crippen LogP contribution in [0.15, 0.2) is 48.4 Å². The number of carbonyl (C=O) groups is 4. The molecule has 0 saturated carbocycles. The van der Waals surface area contributed by atoms with E-state index in [2.05, 4.69) is 0 Å². The highest BCUT2D eigenvalue weighted by molar-refractivity contribution is 5.85. The number of benzene rings is 4. The molecule has 16 nitrogen and oxygen atoms in total. The maximum Gasteiger partial charge on any atom is 0.161 e. The molecule has 0 aromatic heterocycles. The van der Waals surface area contributed by atoms with Gasteiger partial charge in [-0.1, -0.05) is 68.0 Å². The Morgan fingerprint density at radius 3 is 1.51 bits per heavy atom. The molecule has 8 aliphatic heterocycles. The molecule has 0 aliphatic carbocycles. The number of hydrogen-bond donors (Lipinski definition) is 0. The number of aryl methyl sites for hydroxylation is 1. The predicted octanol–water partition coefficient (Wildman–Crippen LogP) is 13.7. The molecule has 94 heavy (non-hydrogen) atoms. The lowest BCUT2D eigenvalue weighted by Gasteiger charge is -2.43. The number of rotatable bonds is 18. The van der Waals surface area contributed by atoms with Crippen LogP contribution in [0.1, 0.15) is 266 Å². The van der Waals surface area contributed by atoms with E-state index in [1.54, 1.807) is 13.8 Å². The topological polar surface area (TPSA) is 155 Å². The Kier molecular flexibility index (Phi) is 9.85. The first-order valence-corrected chi connectivity index (χ1v) is 29.4. The summed E-state index contributed by atoms with van der Waals surface area (Å²) in [6.07, 6.45) is -31.7. The number of ketones is 4. The Morgan fingerprint density at radius 1 is 0.511 bits per heavy atom. The van der Waals surface area contributed by atoms with Gasteiger partial charge in [0.2, 0.25) is 0 Å². The van der Waals surface area contributed by atoms with Crippen LogP contribution in [-0.4, -0.2) is 151 Å². The Hall–Kier alpha value is -6.20. The molecule has 4 fully saturated rings. The quantitative estimate of drug-likeness (QED) is 0.0926. The Balaban J connectivity index is 0.000000224. The summed E-state index contributed by atoms with van der Waals surface area (Å²) in [6, 6.07) is -12.8. The minimum absolute atomic E-state index is 0.113. The van der Waals surface area contributed by atoms with Gasteiger partial charge < -0.3 is 37.9 Å². The molecule has 4 aromatic carbocycles. The third kappa shape index (κ3) is 16.4. The summed E-state index contributed by atoms with van der Waals surface area (Å²) in [5.41, 5.74) is -4.44. The first kappa shape index (κ1) is 28.3. The van der Waals surface area contributed by atoms with Gasteiger partial charge in [-0.25, -0.2) is 0 Å². The molecule has 0 bridgehead atoms. The molecule has 10 atom stereocenters. The number of ether oxygens (including phenoxy) is 8. The summed E-state index contributed by atoms with van der Waals surface area (Å²) in [7, 11) is -8.08. The van der Waals surface area contributed by atoms with Crippen LogP contribution in [0.3, 0.4) is 0 Å². The van der Waals surface area contributed by atoms with Crippen molar-refractivity contribution in [3.8, 4) is 46.0 Å². The smallest absolute Gasteiger partial charge is 0.161 e. The van der Waals surface area contributed by atoms with Crippen molar-refractivity contribution in [1.82, 2.24) is 19.6 Å². The largest absolute Gasteiger partial charge is 0.493 e. The van der Waals surface area contributed by atoms with Gasteiger partial charge in [0, 0.05) is 175 Å². The Bertz CT molecular complexity index is 5930. The average molecular weight is 1360 g/mol. The molecule has 516 valence electrons. The van der Waals surface area contributed by atoms with Crippen molar-refractivity contribution in [2.75, 3.05) is 109 Å². The molecule has 16 heteroatoms. The van der Waals surface area contributed by atoms with E-state index < -0.39 is 356 Å². The van der Waals surface area contributed by atoms with Gasteiger partial charge in [-0.15, -0.1) is 0 Å². The number of Topliss-reactive ketones (excluding diaryl/α,β-unsaturated/α-hetero) is 4. The molecule has 0 N–H and O–H groups in total. The second-order valence-corrected chi connectivity index (χ2v) is 22.6. The van der Waals surface area contributed by atoms with Crippen molar-refractivity contribution < 1.29 is 135 Å². The fourth-order valence-corrected chi connectivity index (χ4v) is 11.1. The van der Waals surface area contributed by atoms with Gasteiger partial charge in [-0.3, -0.25) is 38.8 Å². The van der Waals surface area contributed by atoms with Crippen LogP contribution in [0.5, 0.6) is 46.0 Å². The summed E-state index contributed by atoms with van der Waals surface area (Å²) in [6.45, 7) is -14.8.